The summed E-state index contributed by atoms with van der Waals surface area (Å²) < 4.78 is 8.14. The maximum absolute atomic E-state index is 6.09. The second-order valence-corrected chi connectivity index (χ2v) is 6.93. The normalized spacial score (nSPS) is 12.7. The standard InChI is InChI=1S/C15H23Br2NO/c1-4-5-13(10-18-9-11(2)3)19-15-7-6-12(16)8-14(15)17/h6-8,11,13,18H,4-5,9-10H2,1-3H3. The Kier molecular flexibility index (Phi) is 8.03. The molecule has 108 valence electrons. The molecular formula is C15H23Br2NO. The Morgan fingerprint density at radius 3 is 2.53 bits per heavy atom. The van der Waals surface area contributed by atoms with Crippen LogP contribution in [0.15, 0.2) is 27.1 Å². The van der Waals surface area contributed by atoms with Crippen LogP contribution < -0.4 is 10.1 Å². The number of ether oxygens (including phenoxy) is 1. The molecule has 1 aromatic rings. The summed E-state index contributed by atoms with van der Waals surface area (Å²) >= 11 is 7.00. The van der Waals surface area contributed by atoms with Crippen LogP contribution in [0.5, 0.6) is 5.75 Å². The summed E-state index contributed by atoms with van der Waals surface area (Å²) in [6, 6.07) is 6.02. The van der Waals surface area contributed by atoms with E-state index in [0.717, 1.165) is 40.6 Å². The predicted octanol–water partition coefficient (Wildman–Crippen LogP) is 5.00. The number of hydrogen-bond donors (Lipinski definition) is 1. The third kappa shape index (κ3) is 6.77. The molecule has 0 amide bonds. The predicted molar refractivity (Wildman–Crippen MR) is 88.9 cm³/mol. The van der Waals surface area contributed by atoms with Crippen LogP contribution in [0, 0.1) is 5.92 Å². The van der Waals surface area contributed by atoms with Crippen molar-refractivity contribution in [1.82, 2.24) is 5.32 Å². The van der Waals surface area contributed by atoms with Gasteiger partial charge in [-0.2, -0.15) is 0 Å². The Labute approximate surface area is 133 Å². The lowest BCUT2D eigenvalue weighted by Gasteiger charge is -2.20. The maximum atomic E-state index is 6.09. The molecule has 19 heavy (non-hydrogen) atoms. The van der Waals surface area contributed by atoms with Gasteiger partial charge in [-0.1, -0.05) is 43.1 Å². The van der Waals surface area contributed by atoms with E-state index < -0.39 is 0 Å². The first-order chi connectivity index (χ1) is 9.02. The number of rotatable bonds is 8. The van der Waals surface area contributed by atoms with E-state index in [2.05, 4.69) is 57.9 Å². The SMILES string of the molecule is CCCC(CNCC(C)C)Oc1ccc(Br)cc1Br. The smallest absolute Gasteiger partial charge is 0.134 e. The van der Waals surface area contributed by atoms with Crippen LogP contribution in [-0.2, 0) is 0 Å². The quantitative estimate of drug-likeness (QED) is 0.671. The fourth-order valence-corrected chi connectivity index (χ4v) is 2.95. The van der Waals surface area contributed by atoms with E-state index in [4.69, 9.17) is 4.74 Å². The second kappa shape index (κ2) is 8.98. The molecule has 0 spiro atoms. The van der Waals surface area contributed by atoms with Gasteiger partial charge in [-0.05, 0) is 53.0 Å². The number of halogens is 2. The monoisotopic (exact) mass is 391 g/mol. The minimum absolute atomic E-state index is 0.223. The van der Waals surface area contributed by atoms with Crippen LogP contribution in [-0.4, -0.2) is 19.2 Å². The summed E-state index contributed by atoms with van der Waals surface area (Å²) in [5.74, 6) is 1.58. The van der Waals surface area contributed by atoms with Gasteiger partial charge in [0, 0.05) is 11.0 Å². The van der Waals surface area contributed by atoms with E-state index >= 15 is 0 Å². The average Bonchev–Trinajstić information content (AvgIpc) is 2.32. The maximum Gasteiger partial charge on any atom is 0.134 e. The van der Waals surface area contributed by atoms with E-state index in [9.17, 15) is 0 Å². The summed E-state index contributed by atoms with van der Waals surface area (Å²) in [5.41, 5.74) is 0. The first-order valence-corrected chi connectivity index (χ1v) is 8.44. The van der Waals surface area contributed by atoms with Crippen molar-refractivity contribution in [2.24, 2.45) is 5.92 Å². The summed E-state index contributed by atoms with van der Waals surface area (Å²) in [6.07, 6.45) is 2.41. The van der Waals surface area contributed by atoms with Gasteiger partial charge < -0.3 is 10.1 Å². The van der Waals surface area contributed by atoms with E-state index in [1.165, 1.54) is 0 Å². The largest absolute Gasteiger partial charge is 0.488 e. The number of nitrogens with one attached hydrogen (secondary N) is 1. The van der Waals surface area contributed by atoms with Crippen molar-refractivity contribution in [2.75, 3.05) is 13.1 Å². The molecule has 0 bridgehead atoms. The van der Waals surface area contributed by atoms with E-state index in [-0.39, 0.29) is 6.10 Å². The molecule has 0 fully saturated rings. The molecule has 1 N–H and O–H groups in total. The highest BCUT2D eigenvalue weighted by molar-refractivity contribution is 9.11. The van der Waals surface area contributed by atoms with Gasteiger partial charge in [0.1, 0.15) is 11.9 Å². The zero-order chi connectivity index (χ0) is 14.3. The Morgan fingerprint density at radius 1 is 1.21 bits per heavy atom. The minimum atomic E-state index is 0.223. The molecule has 0 heterocycles. The van der Waals surface area contributed by atoms with Gasteiger partial charge in [0.05, 0.1) is 4.47 Å². The van der Waals surface area contributed by atoms with E-state index in [1.54, 1.807) is 0 Å². The summed E-state index contributed by atoms with van der Waals surface area (Å²) in [4.78, 5) is 0. The van der Waals surface area contributed by atoms with Crippen LogP contribution in [0.1, 0.15) is 33.6 Å². The molecule has 1 unspecified atom stereocenters. The van der Waals surface area contributed by atoms with Crippen molar-refractivity contribution in [3.63, 3.8) is 0 Å². The Balaban J connectivity index is 2.56. The first kappa shape index (κ1) is 17.0. The lowest BCUT2D eigenvalue weighted by molar-refractivity contribution is 0.184. The van der Waals surface area contributed by atoms with Crippen molar-refractivity contribution < 1.29 is 4.74 Å². The molecule has 1 aromatic carbocycles. The van der Waals surface area contributed by atoms with Crippen molar-refractivity contribution in [1.29, 1.82) is 0 Å². The van der Waals surface area contributed by atoms with E-state index in [0.29, 0.717) is 5.92 Å². The van der Waals surface area contributed by atoms with Gasteiger partial charge in [0.15, 0.2) is 0 Å². The lowest BCUT2D eigenvalue weighted by Crippen LogP contribution is -2.33. The number of hydrogen-bond acceptors (Lipinski definition) is 2. The lowest BCUT2D eigenvalue weighted by atomic mass is 10.2. The van der Waals surface area contributed by atoms with Crippen molar-refractivity contribution in [2.45, 2.75) is 39.7 Å². The molecule has 0 saturated heterocycles. The van der Waals surface area contributed by atoms with Gasteiger partial charge in [-0.25, -0.2) is 0 Å². The van der Waals surface area contributed by atoms with Gasteiger partial charge >= 0.3 is 0 Å². The van der Waals surface area contributed by atoms with Gasteiger partial charge in [-0.3, -0.25) is 0 Å². The summed E-state index contributed by atoms with van der Waals surface area (Å²) in [6.45, 7) is 8.55. The van der Waals surface area contributed by atoms with Gasteiger partial charge in [0.25, 0.3) is 0 Å². The van der Waals surface area contributed by atoms with Crippen LogP contribution in [0.3, 0.4) is 0 Å². The molecule has 0 aromatic heterocycles. The Morgan fingerprint density at radius 2 is 1.95 bits per heavy atom. The Bertz CT molecular complexity index is 382. The second-order valence-electron chi connectivity index (χ2n) is 5.16. The van der Waals surface area contributed by atoms with Gasteiger partial charge in [-0.15, -0.1) is 0 Å². The van der Waals surface area contributed by atoms with Crippen molar-refractivity contribution >= 4 is 31.9 Å². The van der Waals surface area contributed by atoms with Crippen LogP contribution in [0.25, 0.3) is 0 Å². The van der Waals surface area contributed by atoms with Crippen LogP contribution in [0.4, 0.5) is 0 Å². The topological polar surface area (TPSA) is 21.3 Å². The third-order valence-corrected chi connectivity index (χ3v) is 3.84. The zero-order valence-corrected chi connectivity index (χ0v) is 15.1. The van der Waals surface area contributed by atoms with Gasteiger partial charge in [0.2, 0.25) is 0 Å². The summed E-state index contributed by atoms with van der Waals surface area (Å²) in [7, 11) is 0. The highest BCUT2D eigenvalue weighted by Crippen LogP contribution is 2.29. The first-order valence-electron chi connectivity index (χ1n) is 6.85. The fourth-order valence-electron chi connectivity index (χ4n) is 1.81. The third-order valence-electron chi connectivity index (χ3n) is 2.72. The van der Waals surface area contributed by atoms with E-state index in [1.807, 2.05) is 18.2 Å². The minimum Gasteiger partial charge on any atom is -0.488 e. The highest BCUT2D eigenvalue weighted by atomic mass is 79.9. The van der Waals surface area contributed by atoms with Crippen molar-refractivity contribution in [3.8, 4) is 5.75 Å². The summed E-state index contributed by atoms with van der Waals surface area (Å²) in [5, 5.41) is 3.47. The molecule has 1 rings (SSSR count). The molecule has 0 aliphatic carbocycles. The highest BCUT2D eigenvalue weighted by Gasteiger charge is 2.11. The van der Waals surface area contributed by atoms with Crippen LogP contribution in [0.2, 0.25) is 0 Å². The molecule has 2 nitrogen and oxygen atoms in total. The molecule has 0 saturated carbocycles. The molecule has 4 heteroatoms. The zero-order valence-electron chi connectivity index (χ0n) is 11.9. The molecule has 0 aliphatic heterocycles. The molecular weight excluding hydrogens is 370 g/mol. The molecule has 0 aliphatic rings. The van der Waals surface area contributed by atoms with Crippen molar-refractivity contribution in [3.05, 3.63) is 27.1 Å². The molecule has 1 atom stereocenters. The average molecular weight is 393 g/mol. The Hall–Kier alpha value is -0.0600. The number of benzene rings is 1. The fraction of sp³-hybridized carbons (Fsp3) is 0.600. The molecule has 0 radical (unpaired) electrons. The van der Waals surface area contributed by atoms with Crippen LogP contribution >= 0.6 is 31.9 Å².